The van der Waals surface area contributed by atoms with Gasteiger partial charge >= 0.3 is 0 Å². The van der Waals surface area contributed by atoms with Crippen LogP contribution in [-0.4, -0.2) is 22.5 Å². The third kappa shape index (κ3) is 3.15. The van der Waals surface area contributed by atoms with E-state index >= 15 is 0 Å². The summed E-state index contributed by atoms with van der Waals surface area (Å²) in [7, 11) is 0. The minimum Gasteiger partial charge on any atom is -0.454 e. The van der Waals surface area contributed by atoms with Gasteiger partial charge < -0.3 is 14.8 Å². The molecule has 8 heteroatoms. The summed E-state index contributed by atoms with van der Waals surface area (Å²) in [5.74, 6) is 1.15. The van der Waals surface area contributed by atoms with Crippen LogP contribution in [0.1, 0.15) is 16.1 Å². The molecule has 26 heavy (non-hydrogen) atoms. The largest absolute Gasteiger partial charge is 0.454 e. The van der Waals surface area contributed by atoms with Crippen molar-refractivity contribution in [3.05, 3.63) is 63.2 Å². The Morgan fingerprint density at radius 2 is 2.12 bits per heavy atom. The van der Waals surface area contributed by atoms with E-state index in [-0.39, 0.29) is 12.7 Å². The highest BCUT2D eigenvalue weighted by Gasteiger charge is 2.21. The first-order valence-corrected chi connectivity index (χ1v) is 8.91. The maximum absolute atomic E-state index is 12.7. The van der Waals surface area contributed by atoms with Gasteiger partial charge in [-0.25, -0.2) is 4.68 Å². The van der Waals surface area contributed by atoms with Crippen molar-refractivity contribution in [3.63, 3.8) is 0 Å². The molecule has 0 fully saturated rings. The summed E-state index contributed by atoms with van der Waals surface area (Å²) in [6.45, 7) is 1.95. The molecule has 1 amide bonds. The maximum atomic E-state index is 12.7. The second-order valence-electron chi connectivity index (χ2n) is 5.71. The zero-order valence-corrected chi connectivity index (χ0v) is 16.0. The number of rotatable bonds is 3. The molecule has 6 nitrogen and oxygen atoms in total. The molecular formula is C18H13BrClN3O3. The number of nitrogens with one attached hydrogen (secondary N) is 1. The number of benzene rings is 2. The van der Waals surface area contributed by atoms with E-state index in [1.165, 1.54) is 0 Å². The summed E-state index contributed by atoms with van der Waals surface area (Å²) in [5.41, 5.74) is 1.98. The van der Waals surface area contributed by atoms with Crippen LogP contribution in [0.2, 0.25) is 5.02 Å². The third-order valence-corrected chi connectivity index (χ3v) is 4.59. The highest BCUT2D eigenvalue weighted by molar-refractivity contribution is 9.10. The number of nitrogens with zero attached hydrogens (tertiary/aromatic N) is 2. The molecule has 0 spiro atoms. The molecule has 3 aromatic rings. The molecule has 2 aromatic carbocycles. The second kappa shape index (κ2) is 6.66. The van der Waals surface area contributed by atoms with Gasteiger partial charge in [-0.2, -0.15) is 5.10 Å². The van der Waals surface area contributed by atoms with Gasteiger partial charge in [-0.05, 0) is 37.3 Å². The van der Waals surface area contributed by atoms with Gasteiger partial charge in [0.05, 0.1) is 16.4 Å². The number of aromatic nitrogens is 2. The SMILES string of the molecule is Cc1cc(NC(=O)c2cc(Cl)c3c(c2)OCO3)n(-c2cccc(Br)c2)n1. The maximum Gasteiger partial charge on any atom is 0.257 e. The smallest absolute Gasteiger partial charge is 0.257 e. The molecule has 0 saturated heterocycles. The van der Waals surface area contributed by atoms with Crippen molar-refractivity contribution in [2.75, 3.05) is 12.1 Å². The summed E-state index contributed by atoms with van der Waals surface area (Å²) >= 11 is 9.61. The highest BCUT2D eigenvalue weighted by Crippen LogP contribution is 2.40. The van der Waals surface area contributed by atoms with Gasteiger partial charge in [-0.3, -0.25) is 4.79 Å². The van der Waals surface area contributed by atoms with Crippen LogP contribution in [0.3, 0.4) is 0 Å². The molecule has 132 valence electrons. The Labute approximate surface area is 162 Å². The van der Waals surface area contributed by atoms with E-state index in [1.54, 1.807) is 22.9 Å². The average Bonchev–Trinajstić information content (AvgIpc) is 3.21. The lowest BCUT2D eigenvalue weighted by molar-refractivity contribution is 0.102. The minimum absolute atomic E-state index is 0.0922. The first-order chi connectivity index (χ1) is 12.5. The molecule has 1 aliphatic heterocycles. The first kappa shape index (κ1) is 16.9. The fourth-order valence-electron chi connectivity index (χ4n) is 2.68. The topological polar surface area (TPSA) is 65.4 Å². The van der Waals surface area contributed by atoms with Crippen LogP contribution in [0.5, 0.6) is 11.5 Å². The van der Waals surface area contributed by atoms with Crippen molar-refractivity contribution in [1.82, 2.24) is 9.78 Å². The third-order valence-electron chi connectivity index (χ3n) is 3.82. The normalized spacial score (nSPS) is 12.3. The van der Waals surface area contributed by atoms with E-state index < -0.39 is 0 Å². The second-order valence-corrected chi connectivity index (χ2v) is 7.03. The molecule has 0 aliphatic carbocycles. The van der Waals surface area contributed by atoms with Crippen molar-refractivity contribution in [2.45, 2.75) is 6.92 Å². The fraction of sp³-hybridized carbons (Fsp3) is 0.111. The number of fused-ring (bicyclic) bond motifs is 1. The standard InChI is InChI=1S/C18H13BrClN3O3/c1-10-5-16(23(22-10)13-4-2-3-12(19)8-13)21-18(24)11-6-14(20)17-15(7-11)25-9-26-17/h2-8H,9H2,1H3,(H,21,24). The Kier molecular flexibility index (Phi) is 4.34. The number of carbonyl (C=O) groups excluding carboxylic acids is 1. The highest BCUT2D eigenvalue weighted by atomic mass is 79.9. The van der Waals surface area contributed by atoms with Gasteiger partial charge in [-0.1, -0.05) is 33.6 Å². The van der Waals surface area contributed by atoms with Crippen LogP contribution in [0.4, 0.5) is 5.82 Å². The Bertz CT molecular complexity index is 1020. The van der Waals surface area contributed by atoms with E-state index in [9.17, 15) is 4.79 Å². The molecule has 0 radical (unpaired) electrons. The number of anilines is 1. The summed E-state index contributed by atoms with van der Waals surface area (Å²) in [5, 5.41) is 7.66. The number of hydrogen-bond acceptors (Lipinski definition) is 4. The average molecular weight is 435 g/mol. The lowest BCUT2D eigenvalue weighted by Gasteiger charge is -2.10. The minimum atomic E-state index is -0.318. The number of aryl methyl sites for hydroxylation is 1. The Morgan fingerprint density at radius 1 is 1.27 bits per heavy atom. The van der Waals surface area contributed by atoms with Crippen molar-refractivity contribution < 1.29 is 14.3 Å². The number of ether oxygens (including phenoxy) is 2. The van der Waals surface area contributed by atoms with Crippen molar-refractivity contribution in [3.8, 4) is 17.2 Å². The van der Waals surface area contributed by atoms with Crippen LogP contribution in [0.25, 0.3) is 5.69 Å². The predicted octanol–water partition coefficient (Wildman–Crippen LogP) is 4.58. The van der Waals surface area contributed by atoms with Crippen LogP contribution in [-0.2, 0) is 0 Å². The number of halogens is 2. The molecule has 1 aliphatic rings. The number of hydrogen-bond donors (Lipinski definition) is 1. The summed E-state index contributed by atoms with van der Waals surface area (Å²) in [6.07, 6.45) is 0. The predicted molar refractivity (Wildman–Crippen MR) is 102 cm³/mol. The molecule has 4 rings (SSSR count). The quantitative estimate of drug-likeness (QED) is 0.655. The van der Waals surface area contributed by atoms with Crippen LogP contribution < -0.4 is 14.8 Å². The molecule has 0 saturated carbocycles. The number of amides is 1. The molecule has 0 atom stereocenters. The zero-order chi connectivity index (χ0) is 18.3. The Balaban J connectivity index is 1.66. The van der Waals surface area contributed by atoms with E-state index in [0.717, 1.165) is 15.9 Å². The van der Waals surface area contributed by atoms with Gasteiger partial charge in [0.2, 0.25) is 6.79 Å². The first-order valence-electron chi connectivity index (χ1n) is 7.74. The van der Waals surface area contributed by atoms with Crippen LogP contribution in [0.15, 0.2) is 46.9 Å². The van der Waals surface area contributed by atoms with E-state index in [2.05, 4.69) is 26.3 Å². The van der Waals surface area contributed by atoms with Gasteiger partial charge in [0.15, 0.2) is 11.5 Å². The summed E-state index contributed by atoms with van der Waals surface area (Å²) in [6, 6.07) is 12.6. The monoisotopic (exact) mass is 433 g/mol. The van der Waals surface area contributed by atoms with E-state index in [0.29, 0.717) is 27.9 Å². The number of carbonyl (C=O) groups is 1. The zero-order valence-electron chi connectivity index (χ0n) is 13.6. The molecule has 1 N–H and O–H groups in total. The van der Waals surface area contributed by atoms with Crippen molar-refractivity contribution in [1.29, 1.82) is 0 Å². The van der Waals surface area contributed by atoms with E-state index in [4.69, 9.17) is 21.1 Å². The fourth-order valence-corrected chi connectivity index (χ4v) is 3.33. The Hall–Kier alpha value is -2.51. The van der Waals surface area contributed by atoms with Gasteiger partial charge in [-0.15, -0.1) is 0 Å². The molecule has 0 unspecified atom stereocenters. The molecule has 1 aromatic heterocycles. The van der Waals surface area contributed by atoms with Crippen LogP contribution >= 0.6 is 27.5 Å². The van der Waals surface area contributed by atoms with Gasteiger partial charge in [0, 0.05) is 16.1 Å². The summed E-state index contributed by atoms with van der Waals surface area (Å²) in [4.78, 5) is 12.7. The van der Waals surface area contributed by atoms with Crippen molar-refractivity contribution >= 4 is 39.3 Å². The van der Waals surface area contributed by atoms with Crippen molar-refractivity contribution in [2.24, 2.45) is 0 Å². The lowest BCUT2D eigenvalue weighted by Crippen LogP contribution is -2.15. The van der Waals surface area contributed by atoms with Gasteiger partial charge in [0.25, 0.3) is 5.91 Å². The molecule has 2 heterocycles. The summed E-state index contributed by atoms with van der Waals surface area (Å²) < 4.78 is 13.2. The van der Waals surface area contributed by atoms with Crippen LogP contribution in [0, 0.1) is 6.92 Å². The lowest BCUT2D eigenvalue weighted by atomic mass is 10.2. The molecule has 0 bridgehead atoms. The Morgan fingerprint density at radius 3 is 2.92 bits per heavy atom. The molecular weight excluding hydrogens is 422 g/mol. The van der Waals surface area contributed by atoms with Gasteiger partial charge in [0.1, 0.15) is 5.82 Å². The van der Waals surface area contributed by atoms with E-state index in [1.807, 2.05) is 31.2 Å².